The van der Waals surface area contributed by atoms with E-state index in [1.165, 1.54) is 0 Å². The van der Waals surface area contributed by atoms with Crippen LogP contribution in [-0.2, 0) is 11.2 Å². The third kappa shape index (κ3) is 4.74. The van der Waals surface area contributed by atoms with Crippen LogP contribution in [0.5, 0.6) is 5.75 Å². The molecule has 1 aliphatic heterocycles. The lowest BCUT2D eigenvalue weighted by atomic mass is 10.1. The Hall–Kier alpha value is -1.55. The number of amides is 1. The number of hydrogen-bond donors (Lipinski definition) is 1. The molecule has 1 unspecified atom stereocenters. The van der Waals surface area contributed by atoms with E-state index in [2.05, 4.69) is 13.8 Å². The Morgan fingerprint density at radius 3 is 2.67 bits per heavy atom. The van der Waals surface area contributed by atoms with E-state index in [4.69, 9.17) is 9.84 Å². The lowest BCUT2D eigenvalue weighted by molar-refractivity contribution is -0.129. The van der Waals surface area contributed by atoms with Crippen molar-refractivity contribution in [2.45, 2.75) is 26.7 Å². The zero-order valence-electron chi connectivity index (χ0n) is 12.9. The summed E-state index contributed by atoms with van der Waals surface area (Å²) in [7, 11) is 0. The van der Waals surface area contributed by atoms with Crippen LogP contribution in [0.4, 0.5) is 0 Å². The maximum Gasteiger partial charge on any atom is 0.227 e. The van der Waals surface area contributed by atoms with E-state index in [9.17, 15) is 4.79 Å². The lowest BCUT2D eigenvalue weighted by Gasteiger charge is -2.16. The highest BCUT2D eigenvalue weighted by Gasteiger charge is 2.25. The predicted octanol–water partition coefficient (Wildman–Crippen LogP) is 2.10. The maximum atomic E-state index is 12.2. The van der Waals surface area contributed by atoms with E-state index in [-0.39, 0.29) is 18.4 Å². The number of benzene rings is 1. The molecule has 1 atom stereocenters. The van der Waals surface area contributed by atoms with Gasteiger partial charge in [0.05, 0.1) is 13.0 Å². The van der Waals surface area contributed by atoms with Crippen LogP contribution in [-0.4, -0.2) is 42.2 Å². The molecule has 0 bridgehead atoms. The van der Waals surface area contributed by atoms with Gasteiger partial charge in [-0.1, -0.05) is 26.0 Å². The molecule has 4 nitrogen and oxygen atoms in total. The summed E-state index contributed by atoms with van der Waals surface area (Å²) in [5, 5.41) is 9.12. The number of likely N-dealkylation sites (tertiary alicyclic amines) is 1. The minimum atomic E-state index is 0.141. The minimum absolute atomic E-state index is 0.141. The molecule has 1 heterocycles. The van der Waals surface area contributed by atoms with Gasteiger partial charge in [-0.25, -0.2) is 0 Å². The molecule has 1 aromatic carbocycles. The van der Waals surface area contributed by atoms with Crippen LogP contribution in [0.2, 0.25) is 0 Å². The standard InChI is InChI=1S/C17H25NO3/c1-13(2)12-21-16-5-3-14(4-6-16)9-17(20)18-8-7-15(10-18)11-19/h3-6,13,15,19H,7-12H2,1-2H3. The fourth-order valence-electron chi connectivity index (χ4n) is 2.46. The summed E-state index contributed by atoms with van der Waals surface area (Å²) in [4.78, 5) is 14.0. The normalized spacial score (nSPS) is 18.3. The number of ether oxygens (including phenoxy) is 1. The second kappa shape index (κ2) is 7.46. The number of nitrogens with zero attached hydrogens (tertiary/aromatic N) is 1. The number of hydrogen-bond acceptors (Lipinski definition) is 3. The summed E-state index contributed by atoms with van der Waals surface area (Å²) in [5.41, 5.74) is 1.00. The van der Waals surface area contributed by atoms with Gasteiger partial charge in [0.15, 0.2) is 0 Å². The Morgan fingerprint density at radius 2 is 2.10 bits per heavy atom. The molecule has 1 amide bonds. The highest BCUT2D eigenvalue weighted by molar-refractivity contribution is 5.79. The van der Waals surface area contributed by atoms with Gasteiger partial charge in [0.25, 0.3) is 0 Å². The van der Waals surface area contributed by atoms with Gasteiger partial charge >= 0.3 is 0 Å². The molecule has 2 rings (SSSR count). The van der Waals surface area contributed by atoms with Crippen LogP contribution >= 0.6 is 0 Å². The Balaban J connectivity index is 1.84. The molecule has 1 aromatic rings. The van der Waals surface area contributed by atoms with Gasteiger partial charge in [0.1, 0.15) is 5.75 Å². The summed E-state index contributed by atoms with van der Waals surface area (Å²) in [5.74, 6) is 1.74. The number of rotatable bonds is 6. The van der Waals surface area contributed by atoms with Gasteiger partial charge in [-0.05, 0) is 30.0 Å². The summed E-state index contributed by atoms with van der Waals surface area (Å²) >= 11 is 0. The van der Waals surface area contributed by atoms with E-state index in [1.54, 1.807) is 0 Å². The predicted molar refractivity (Wildman–Crippen MR) is 82.3 cm³/mol. The van der Waals surface area contributed by atoms with E-state index < -0.39 is 0 Å². The first-order chi connectivity index (χ1) is 10.1. The van der Waals surface area contributed by atoms with Crippen molar-refractivity contribution >= 4 is 5.91 Å². The molecular formula is C17H25NO3. The highest BCUT2D eigenvalue weighted by atomic mass is 16.5. The molecular weight excluding hydrogens is 266 g/mol. The van der Waals surface area contributed by atoms with Gasteiger partial charge in [-0.3, -0.25) is 4.79 Å². The Morgan fingerprint density at radius 1 is 1.38 bits per heavy atom. The van der Waals surface area contributed by atoms with Gasteiger partial charge in [-0.15, -0.1) is 0 Å². The molecule has 1 N–H and O–H groups in total. The van der Waals surface area contributed by atoms with Crippen LogP contribution in [0.15, 0.2) is 24.3 Å². The molecule has 1 saturated heterocycles. The number of carbonyl (C=O) groups excluding carboxylic acids is 1. The largest absolute Gasteiger partial charge is 0.493 e. The van der Waals surface area contributed by atoms with Crippen molar-refractivity contribution in [2.75, 3.05) is 26.3 Å². The quantitative estimate of drug-likeness (QED) is 0.873. The second-order valence-corrected chi connectivity index (χ2v) is 6.20. The van der Waals surface area contributed by atoms with Gasteiger partial charge in [0, 0.05) is 25.6 Å². The fourth-order valence-corrected chi connectivity index (χ4v) is 2.46. The molecule has 0 aromatic heterocycles. The molecule has 21 heavy (non-hydrogen) atoms. The van der Waals surface area contributed by atoms with Crippen molar-refractivity contribution in [1.82, 2.24) is 4.90 Å². The van der Waals surface area contributed by atoms with E-state index in [1.807, 2.05) is 29.2 Å². The SMILES string of the molecule is CC(C)COc1ccc(CC(=O)N2CCC(CO)C2)cc1. The Bertz CT molecular complexity index is 456. The highest BCUT2D eigenvalue weighted by Crippen LogP contribution is 2.18. The molecule has 1 aliphatic rings. The molecule has 0 saturated carbocycles. The topological polar surface area (TPSA) is 49.8 Å². The number of carbonyl (C=O) groups is 1. The summed E-state index contributed by atoms with van der Waals surface area (Å²) in [6.45, 7) is 6.55. The first-order valence-corrected chi connectivity index (χ1v) is 7.69. The summed E-state index contributed by atoms with van der Waals surface area (Å²) < 4.78 is 5.63. The van der Waals surface area contributed by atoms with Crippen LogP contribution in [0.3, 0.4) is 0 Å². The van der Waals surface area contributed by atoms with Gasteiger partial charge in [0.2, 0.25) is 5.91 Å². The van der Waals surface area contributed by atoms with E-state index in [0.29, 0.717) is 25.5 Å². The zero-order valence-corrected chi connectivity index (χ0v) is 12.9. The average Bonchev–Trinajstić information content (AvgIpc) is 2.95. The van der Waals surface area contributed by atoms with Gasteiger partial charge in [-0.2, -0.15) is 0 Å². The maximum absolute atomic E-state index is 12.2. The van der Waals surface area contributed by atoms with E-state index in [0.717, 1.165) is 24.3 Å². The Kier molecular flexibility index (Phi) is 5.62. The summed E-state index contributed by atoms with van der Waals surface area (Å²) in [6.07, 6.45) is 1.33. The smallest absolute Gasteiger partial charge is 0.227 e. The van der Waals surface area contributed by atoms with Crippen molar-refractivity contribution in [3.8, 4) is 5.75 Å². The van der Waals surface area contributed by atoms with Crippen molar-refractivity contribution in [3.63, 3.8) is 0 Å². The molecule has 0 spiro atoms. The second-order valence-electron chi connectivity index (χ2n) is 6.20. The third-order valence-corrected chi connectivity index (χ3v) is 3.76. The summed E-state index contributed by atoms with van der Waals surface area (Å²) in [6, 6.07) is 7.75. The van der Waals surface area contributed by atoms with Crippen molar-refractivity contribution < 1.29 is 14.6 Å². The molecule has 1 fully saturated rings. The molecule has 4 heteroatoms. The first-order valence-electron chi connectivity index (χ1n) is 7.69. The van der Waals surface area contributed by atoms with Crippen LogP contribution < -0.4 is 4.74 Å². The van der Waals surface area contributed by atoms with Crippen molar-refractivity contribution in [2.24, 2.45) is 11.8 Å². The van der Waals surface area contributed by atoms with Crippen molar-refractivity contribution in [3.05, 3.63) is 29.8 Å². The Labute approximate surface area is 126 Å². The monoisotopic (exact) mass is 291 g/mol. The van der Waals surface area contributed by atoms with Crippen LogP contribution in [0.25, 0.3) is 0 Å². The third-order valence-electron chi connectivity index (χ3n) is 3.76. The zero-order chi connectivity index (χ0) is 15.2. The minimum Gasteiger partial charge on any atom is -0.493 e. The lowest BCUT2D eigenvalue weighted by Crippen LogP contribution is -2.30. The van der Waals surface area contributed by atoms with Crippen molar-refractivity contribution in [1.29, 1.82) is 0 Å². The molecule has 0 radical (unpaired) electrons. The van der Waals surface area contributed by atoms with Crippen LogP contribution in [0.1, 0.15) is 25.8 Å². The fraction of sp³-hybridized carbons (Fsp3) is 0.588. The first kappa shape index (κ1) is 15.8. The molecule has 0 aliphatic carbocycles. The van der Waals surface area contributed by atoms with Crippen LogP contribution in [0, 0.1) is 11.8 Å². The number of aliphatic hydroxyl groups is 1. The van der Waals surface area contributed by atoms with Gasteiger partial charge < -0.3 is 14.7 Å². The average molecular weight is 291 g/mol. The molecule has 116 valence electrons. The van der Waals surface area contributed by atoms with E-state index >= 15 is 0 Å². The number of aliphatic hydroxyl groups excluding tert-OH is 1.